The molecule has 0 spiro atoms. The van der Waals surface area contributed by atoms with E-state index < -0.39 is 5.60 Å². The maximum Gasteiger partial charge on any atom is 0.338 e. The van der Waals surface area contributed by atoms with Crippen LogP contribution in [0.2, 0.25) is 0 Å². The normalized spacial score (nSPS) is 17.5. The van der Waals surface area contributed by atoms with Crippen LogP contribution < -0.4 is 10.2 Å². The third kappa shape index (κ3) is 6.12. The fourth-order valence-corrected chi connectivity index (χ4v) is 5.34. The second-order valence-electron chi connectivity index (χ2n) is 11.6. The van der Waals surface area contributed by atoms with Crippen LogP contribution >= 0.6 is 0 Å². The van der Waals surface area contributed by atoms with Crippen molar-refractivity contribution in [1.82, 2.24) is 0 Å². The van der Waals surface area contributed by atoms with Gasteiger partial charge in [-0.3, -0.25) is 0 Å². The van der Waals surface area contributed by atoms with Crippen molar-refractivity contribution in [3.05, 3.63) is 143 Å². The van der Waals surface area contributed by atoms with E-state index in [-0.39, 0.29) is 18.1 Å². The Labute approximate surface area is 238 Å². The van der Waals surface area contributed by atoms with E-state index in [9.17, 15) is 4.79 Å². The van der Waals surface area contributed by atoms with Gasteiger partial charge in [-0.25, -0.2) is 4.79 Å². The first kappa shape index (κ1) is 27.3. The van der Waals surface area contributed by atoms with Gasteiger partial charge in [0.05, 0.1) is 17.7 Å². The summed E-state index contributed by atoms with van der Waals surface area (Å²) in [5.41, 5.74) is 7.50. The number of rotatable bonds is 6. The van der Waals surface area contributed by atoms with Gasteiger partial charge >= 0.3 is 5.97 Å². The van der Waals surface area contributed by atoms with E-state index in [1.54, 1.807) is 0 Å². The van der Waals surface area contributed by atoms with E-state index in [2.05, 4.69) is 96.9 Å². The summed E-state index contributed by atoms with van der Waals surface area (Å²) in [5, 5.41) is 3.64. The number of benzene rings is 4. The number of ether oxygens (including phenoxy) is 1. The second kappa shape index (κ2) is 11.4. The molecule has 1 heterocycles. The molecule has 1 aliphatic rings. The maximum absolute atomic E-state index is 14.2. The Bertz CT molecular complexity index is 1470. The van der Waals surface area contributed by atoms with Crippen LogP contribution in [0.1, 0.15) is 61.5 Å². The Kier molecular flexibility index (Phi) is 7.79. The highest BCUT2D eigenvalue weighted by Gasteiger charge is 2.42. The Morgan fingerprint density at radius 2 is 1.27 bits per heavy atom. The van der Waals surface area contributed by atoms with Gasteiger partial charge < -0.3 is 15.0 Å². The standard InChI is InChI=1S/C36H38N2O2/c1-25-16-20-27(21-17-25)32-24-31(37-29-12-8-6-9-13-29)33(35(39)40-36(3,4)5)34(28-22-18-26(2)19-23-28)38(32)30-14-10-7-11-15-30/h6-23,32,34,37H,24H2,1-5H3/t32-,34+/m0/s1. The van der Waals surface area contributed by atoms with E-state index in [0.717, 1.165) is 22.6 Å². The van der Waals surface area contributed by atoms with Crippen molar-refractivity contribution in [2.75, 3.05) is 10.2 Å². The molecule has 4 aromatic carbocycles. The molecule has 40 heavy (non-hydrogen) atoms. The number of para-hydroxylation sites is 2. The third-order valence-electron chi connectivity index (χ3n) is 7.21. The molecular weight excluding hydrogens is 492 g/mol. The molecule has 0 bridgehead atoms. The van der Waals surface area contributed by atoms with Crippen LogP contribution in [0.5, 0.6) is 0 Å². The summed E-state index contributed by atoms with van der Waals surface area (Å²) in [7, 11) is 0. The Hall–Kier alpha value is -4.31. The molecule has 5 rings (SSSR count). The van der Waals surface area contributed by atoms with E-state index >= 15 is 0 Å². The van der Waals surface area contributed by atoms with Gasteiger partial charge in [-0.05, 0) is 70.0 Å². The summed E-state index contributed by atoms with van der Waals surface area (Å²) in [4.78, 5) is 16.6. The van der Waals surface area contributed by atoms with Gasteiger partial charge in [-0.1, -0.05) is 96.1 Å². The van der Waals surface area contributed by atoms with Crippen molar-refractivity contribution in [3.63, 3.8) is 0 Å². The zero-order valence-electron chi connectivity index (χ0n) is 24.0. The molecule has 0 aromatic heterocycles. The van der Waals surface area contributed by atoms with Crippen LogP contribution in [-0.2, 0) is 9.53 Å². The van der Waals surface area contributed by atoms with Gasteiger partial charge in [-0.2, -0.15) is 0 Å². The highest BCUT2D eigenvalue weighted by Crippen LogP contribution is 2.48. The number of esters is 1. The van der Waals surface area contributed by atoms with Gasteiger partial charge in [0.25, 0.3) is 0 Å². The van der Waals surface area contributed by atoms with Crippen molar-refractivity contribution in [2.45, 2.75) is 58.7 Å². The lowest BCUT2D eigenvalue weighted by Gasteiger charge is -2.46. The Morgan fingerprint density at radius 1 is 0.750 bits per heavy atom. The zero-order chi connectivity index (χ0) is 28.3. The number of carbonyl (C=O) groups is 1. The molecule has 1 aliphatic heterocycles. The average Bonchev–Trinajstić information content (AvgIpc) is 2.93. The van der Waals surface area contributed by atoms with Gasteiger partial charge in [0.1, 0.15) is 5.60 Å². The molecule has 204 valence electrons. The number of nitrogens with zero attached hydrogens (tertiary/aromatic N) is 1. The van der Waals surface area contributed by atoms with Crippen molar-refractivity contribution in [2.24, 2.45) is 0 Å². The molecule has 4 aromatic rings. The summed E-state index contributed by atoms with van der Waals surface area (Å²) in [5.74, 6) is -0.306. The van der Waals surface area contributed by atoms with Crippen molar-refractivity contribution in [3.8, 4) is 0 Å². The van der Waals surface area contributed by atoms with Crippen molar-refractivity contribution >= 4 is 17.3 Å². The molecule has 4 heteroatoms. The largest absolute Gasteiger partial charge is 0.456 e. The third-order valence-corrected chi connectivity index (χ3v) is 7.21. The van der Waals surface area contributed by atoms with Crippen LogP contribution in [0.4, 0.5) is 11.4 Å². The molecule has 0 unspecified atom stereocenters. The van der Waals surface area contributed by atoms with Crippen LogP contribution in [-0.4, -0.2) is 11.6 Å². The van der Waals surface area contributed by atoms with E-state index in [4.69, 9.17) is 4.74 Å². The number of carbonyl (C=O) groups excluding carboxylic acids is 1. The van der Waals surface area contributed by atoms with Crippen molar-refractivity contribution < 1.29 is 9.53 Å². The minimum Gasteiger partial charge on any atom is -0.456 e. The molecule has 0 amide bonds. The van der Waals surface area contributed by atoms with Gasteiger partial charge in [0.2, 0.25) is 0 Å². The lowest BCUT2D eigenvalue weighted by atomic mass is 9.83. The first-order valence-electron chi connectivity index (χ1n) is 13.9. The number of hydrogen-bond acceptors (Lipinski definition) is 4. The topological polar surface area (TPSA) is 41.6 Å². The predicted octanol–water partition coefficient (Wildman–Crippen LogP) is 8.70. The SMILES string of the molecule is Cc1ccc([C@@H]2CC(Nc3ccccc3)=C(C(=O)OC(C)(C)C)[C@@H](c3ccc(C)cc3)N2c2ccccc2)cc1. The summed E-state index contributed by atoms with van der Waals surface area (Å²) in [6, 6.07) is 37.3. The summed E-state index contributed by atoms with van der Waals surface area (Å²) >= 11 is 0. The average molecular weight is 531 g/mol. The fourth-order valence-electron chi connectivity index (χ4n) is 5.34. The zero-order valence-corrected chi connectivity index (χ0v) is 24.0. The van der Waals surface area contributed by atoms with E-state index in [1.165, 1.54) is 16.7 Å². The fraction of sp³-hybridized carbons (Fsp3) is 0.250. The van der Waals surface area contributed by atoms with Crippen LogP contribution in [0.25, 0.3) is 0 Å². The molecule has 0 aliphatic carbocycles. The van der Waals surface area contributed by atoms with Gasteiger partial charge in [0, 0.05) is 23.5 Å². The monoisotopic (exact) mass is 530 g/mol. The predicted molar refractivity (Wildman–Crippen MR) is 164 cm³/mol. The van der Waals surface area contributed by atoms with Crippen LogP contribution in [0.15, 0.2) is 120 Å². The number of hydrogen-bond donors (Lipinski definition) is 1. The maximum atomic E-state index is 14.2. The second-order valence-corrected chi connectivity index (χ2v) is 11.6. The quantitative estimate of drug-likeness (QED) is 0.253. The minimum absolute atomic E-state index is 0.0216. The minimum atomic E-state index is -0.634. The van der Waals surface area contributed by atoms with Gasteiger partial charge in [0.15, 0.2) is 0 Å². The summed E-state index contributed by atoms with van der Waals surface area (Å²) in [6.07, 6.45) is 0.615. The number of aryl methyl sites for hydroxylation is 2. The lowest BCUT2D eigenvalue weighted by molar-refractivity contribution is -0.150. The Balaban J connectivity index is 1.78. The molecule has 0 radical (unpaired) electrons. The first-order chi connectivity index (χ1) is 19.2. The highest BCUT2D eigenvalue weighted by molar-refractivity contribution is 5.93. The molecule has 0 saturated carbocycles. The molecule has 4 nitrogen and oxygen atoms in total. The van der Waals surface area contributed by atoms with E-state index in [0.29, 0.717) is 12.0 Å². The first-order valence-corrected chi connectivity index (χ1v) is 13.9. The molecule has 0 saturated heterocycles. The molecule has 2 atom stereocenters. The summed E-state index contributed by atoms with van der Waals surface area (Å²) in [6.45, 7) is 9.95. The highest BCUT2D eigenvalue weighted by atomic mass is 16.6. The van der Waals surface area contributed by atoms with E-state index in [1.807, 2.05) is 57.2 Å². The van der Waals surface area contributed by atoms with Crippen LogP contribution in [0.3, 0.4) is 0 Å². The molecule has 0 fully saturated rings. The van der Waals surface area contributed by atoms with Gasteiger partial charge in [-0.15, -0.1) is 0 Å². The summed E-state index contributed by atoms with van der Waals surface area (Å²) < 4.78 is 6.10. The number of nitrogens with one attached hydrogen (secondary N) is 1. The smallest absolute Gasteiger partial charge is 0.338 e. The lowest BCUT2D eigenvalue weighted by Crippen LogP contribution is -2.42. The van der Waals surface area contributed by atoms with Crippen molar-refractivity contribution in [1.29, 1.82) is 0 Å². The molecule has 1 N–H and O–H groups in total. The number of anilines is 2. The van der Waals surface area contributed by atoms with Crippen LogP contribution in [0, 0.1) is 13.8 Å². The Morgan fingerprint density at radius 3 is 1.82 bits per heavy atom. The molecular formula is C36H38N2O2.